The van der Waals surface area contributed by atoms with Gasteiger partial charge in [-0.15, -0.1) is 13.1 Å². The van der Waals surface area contributed by atoms with Crippen molar-refractivity contribution >= 4 is 26.8 Å². The van der Waals surface area contributed by atoms with Gasteiger partial charge in [0.2, 0.25) is 0 Å². The van der Waals surface area contributed by atoms with Crippen LogP contribution in [0, 0.1) is 37.0 Å². The van der Waals surface area contributed by atoms with Crippen molar-refractivity contribution in [1.29, 1.82) is 0 Å². The predicted molar refractivity (Wildman–Crippen MR) is 140 cm³/mol. The zero-order valence-corrected chi connectivity index (χ0v) is 25.3. The number of allylic oxidation sites excluding steroid dienone is 4. The third kappa shape index (κ3) is 7.20. The first-order valence-electron chi connectivity index (χ1n) is 12.0. The Hall–Kier alpha value is 0.911. The molecule has 3 rings (SSSR count). The van der Waals surface area contributed by atoms with Gasteiger partial charge in [0.25, 0.3) is 0 Å². The maximum atomic E-state index is 4.89. The monoisotopic (exact) mass is 520 g/mol. The molecule has 0 radical (unpaired) electrons. The number of nitrogens with zero attached hydrogens (tertiary/aromatic N) is 2. The van der Waals surface area contributed by atoms with Crippen LogP contribution in [0.5, 0.6) is 0 Å². The molecule has 3 unspecified atom stereocenters. The van der Waals surface area contributed by atoms with Crippen molar-refractivity contribution in [3.05, 3.63) is 36.0 Å². The molecule has 180 valence electrons. The summed E-state index contributed by atoms with van der Waals surface area (Å²) in [6.07, 6.45) is 9.55. The van der Waals surface area contributed by atoms with E-state index in [1.807, 2.05) is 0 Å². The van der Waals surface area contributed by atoms with E-state index < -0.39 is 25.3 Å². The summed E-state index contributed by atoms with van der Waals surface area (Å²) in [6.45, 7) is 21.9. The SMILES string of the molecule is CCC[C@H]1CC([Si](C)(C)N2CC[N-]CC2)C2C=C(C(C)C)C=C(C(C)C)C21.[CH3-].[Cl][Ti][Cl]. The molecule has 2 aliphatic carbocycles. The summed E-state index contributed by atoms with van der Waals surface area (Å²) < 4.78 is 2.90. The quantitative estimate of drug-likeness (QED) is 0.254. The summed E-state index contributed by atoms with van der Waals surface area (Å²) >= 11 is -0.556. The maximum absolute atomic E-state index is 4.89. The summed E-state index contributed by atoms with van der Waals surface area (Å²) in [6, 6.07) is 0. The van der Waals surface area contributed by atoms with Gasteiger partial charge in [0.05, 0.1) is 0 Å². The van der Waals surface area contributed by atoms with E-state index in [1.165, 1.54) is 32.4 Å². The van der Waals surface area contributed by atoms with Crippen LogP contribution in [-0.4, -0.2) is 39.0 Å². The summed E-state index contributed by atoms with van der Waals surface area (Å²) in [5.41, 5.74) is 4.28. The minimum atomic E-state index is -1.48. The van der Waals surface area contributed by atoms with Crippen molar-refractivity contribution in [2.24, 2.45) is 29.6 Å². The molecule has 2 nitrogen and oxygen atoms in total. The van der Waals surface area contributed by atoms with Gasteiger partial charge < -0.3 is 17.3 Å². The fourth-order valence-electron chi connectivity index (χ4n) is 6.22. The zero-order valence-electron chi connectivity index (χ0n) is 21.2. The van der Waals surface area contributed by atoms with Crippen molar-refractivity contribution in [2.75, 3.05) is 26.2 Å². The van der Waals surface area contributed by atoms with Crippen molar-refractivity contribution in [1.82, 2.24) is 4.57 Å². The Morgan fingerprint density at radius 1 is 1.13 bits per heavy atom. The molecule has 4 atom stereocenters. The Morgan fingerprint density at radius 3 is 2.19 bits per heavy atom. The Balaban J connectivity index is 0.00000113. The minimum absolute atomic E-state index is 0. The molecular formula is C25H46Cl2N2SiTi-2. The summed E-state index contributed by atoms with van der Waals surface area (Å²) in [4.78, 5) is 0. The molecule has 31 heavy (non-hydrogen) atoms. The second kappa shape index (κ2) is 13.7. The van der Waals surface area contributed by atoms with Crippen molar-refractivity contribution in [2.45, 2.75) is 72.5 Å². The summed E-state index contributed by atoms with van der Waals surface area (Å²) in [5, 5.41) is 4.62. The molecule has 1 saturated carbocycles. The van der Waals surface area contributed by atoms with E-state index in [1.54, 1.807) is 11.1 Å². The van der Waals surface area contributed by atoms with Crippen LogP contribution < -0.4 is 0 Å². The van der Waals surface area contributed by atoms with Crippen LogP contribution in [0.1, 0.15) is 53.9 Å². The zero-order chi connectivity index (χ0) is 22.5. The average molecular weight is 522 g/mol. The van der Waals surface area contributed by atoms with Gasteiger partial charge in [-0.25, -0.2) is 0 Å². The molecule has 0 amide bonds. The third-order valence-corrected chi connectivity index (χ3v) is 12.3. The van der Waals surface area contributed by atoms with Crippen LogP contribution in [0.2, 0.25) is 18.6 Å². The molecule has 1 heterocycles. The Kier molecular flexibility index (Phi) is 13.2. The first-order chi connectivity index (χ1) is 14.2. The molecule has 0 aromatic heterocycles. The van der Waals surface area contributed by atoms with E-state index in [2.05, 4.69) is 69.7 Å². The van der Waals surface area contributed by atoms with Gasteiger partial charge in [0, 0.05) is 0 Å². The molecule has 0 N–H and O–H groups in total. The first kappa shape index (κ1) is 29.9. The van der Waals surface area contributed by atoms with Gasteiger partial charge in [0.1, 0.15) is 8.24 Å². The molecule has 1 saturated heterocycles. The predicted octanol–water partition coefficient (Wildman–Crippen LogP) is 8.31. The molecule has 1 aliphatic heterocycles. The Labute approximate surface area is 211 Å². The normalized spacial score (nSPS) is 28.9. The number of rotatable bonds is 6. The van der Waals surface area contributed by atoms with Crippen LogP contribution in [0.4, 0.5) is 0 Å². The van der Waals surface area contributed by atoms with Crippen molar-refractivity contribution in [3.63, 3.8) is 0 Å². The first-order valence-corrected chi connectivity index (χ1v) is 19.3. The van der Waals surface area contributed by atoms with E-state index in [0.29, 0.717) is 11.8 Å². The van der Waals surface area contributed by atoms with E-state index in [9.17, 15) is 0 Å². The molecule has 0 aromatic rings. The third-order valence-electron chi connectivity index (χ3n) is 7.82. The average Bonchev–Trinajstić information content (AvgIpc) is 3.08. The molecule has 6 heteroatoms. The Morgan fingerprint density at radius 2 is 1.71 bits per heavy atom. The molecular weight excluding hydrogens is 475 g/mol. The molecule has 3 aliphatic rings. The fraction of sp³-hybridized carbons (Fsp3) is 0.800. The number of halogens is 2. The molecule has 0 spiro atoms. The van der Waals surface area contributed by atoms with Gasteiger partial charge in [-0.3, -0.25) is 0 Å². The number of hydrogen-bond donors (Lipinski definition) is 0. The van der Waals surface area contributed by atoms with Crippen molar-refractivity contribution < 1.29 is 17.0 Å². The summed E-state index contributed by atoms with van der Waals surface area (Å²) in [7, 11) is 8.30. The Bertz CT molecular complexity index is 600. The molecule has 0 bridgehead atoms. The van der Waals surface area contributed by atoms with Crippen LogP contribution in [0.15, 0.2) is 23.3 Å². The number of hydrogen-bond acceptors (Lipinski definition) is 1. The van der Waals surface area contributed by atoms with Gasteiger partial charge in [-0.2, -0.15) is 0 Å². The van der Waals surface area contributed by atoms with Gasteiger partial charge in [0.15, 0.2) is 0 Å². The van der Waals surface area contributed by atoms with Crippen molar-refractivity contribution in [3.8, 4) is 0 Å². The second-order valence-corrected chi connectivity index (χ2v) is 17.8. The van der Waals surface area contributed by atoms with Crippen LogP contribution >= 0.6 is 18.6 Å². The standard InChI is InChI=1S/C24H43N2Si.CH3.2ClH.Ti/c1-8-9-19-16-23(27(6,7)26-12-10-25-11-13-26)22-15-20(17(2)3)14-21(18(4)5)24(19)22;;;;/h14-15,17-19,22-24H,8-13,16H2,1-7H3;1H3;2*1H;/q2*-1;;;+2/p-2/t19-,22?,23?,24?;;;;/m0..../s1. The van der Waals surface area contributed by atoms with E-state index in [4.69, 9.17) is 18.6 Å². The fourth-order valence-corrected chi connectivity index (χ4v) is 10.2. The summed E-state index contributed by atoms with van der Waals surface area (Å²) in [5.74, 6) is 3.80. The van der Waals surface area contributed by atoms with E-state index in [-0.39, 0.29) is 7.43 Å². The van der Waals surface area contributed by atoms with Crippen LogP contribution in [0.25, 0.3) is 5.32 Å². The molecule has 2 fully saturated rings. The topological polar surface area (TPSA) is 17.3 Å². The van der Waals surface area contributed by atoms with E-state index in [0.717, 1.165) is 36.4 Å². The van der Waals surface area contributed by atoms with Gasteiger partial charge in [-0.1, -0.05) is 78.3 Å². The van der Waals surface area contributed by atoms with Gasteiger partial charge >= 0.3 is 35.6 Å². The van der Waals surface area contributed by atoms with Gasteiger partial charge in [-0.05, 0) is 60.2 Å². The number of fused-ring (bicyclic) bond motifs is 1. The molecule has 0 aromatic carbocycles. The van der Waals surface area contributed by atoms with E-state index >= 15 is 0 Å². The second-order valence-electron chi connectivity index (χ2n) is 10.5. The van der Waals surface area contributed by atoms with Crippen LogP contribution in [0.3, 0.4) is 0 Å². The van der Waals surface area contributed by atoms with Crippen LogP contribution in [-0.2, 0) is 17.0 Å². The number of piperazine rings is 1.